The highest BCUT2D eigenvalue weighted by Gasteiger charge is 2.00. The molecule has 62 valence electrons. The maximum atomic E-state index is 11.1. The SMILES string of the molecule is CN(C)C(F)F.F.F.F. The van der Waals surface area contributed by atoms with Crippen LogP contribution in [-0.4, -0.2) is 25.5 Å². The molecule has 0 spiro atoms. The van der Waals surface area contributed by atoms with Crippen LogP contribution in [0.4, 0.5) is 22.9 Å². The zero-order valence-electron chi connectivity index (χ0n) is 5.01. The lowest BCUT2D eigenvalue weighted by atomic mass is 10.9. The number of hydrogen-bond donors (Lipinski definition) is 0. The molecule has 6 heteroatoms. The smallest absolute Gasteiger partial charge is 0.269 e. The van der Waals surface area contributed by atoms with Gasteiger partial charge in [-0.05, 0) is 14.1 Å². The van der Waals surface area contributed by atoms with Gasteiger partial charge >= 0.3 is 0 Å². The highest BCUT2D eigenvalue weighted by Crippen LogP contribution is 1.92. The van der Waals surface area contributed by atoms with E-state index in [2.05, 4.69) is 0 Å². The second kappa shape index (κ2) is 10.6. The van der Waals surface area contributed by atoms with E-state index >= 15 is 0 Å². The van der Waals surface area contributed by atoms with Gasteiger partial charge in [-0.3, -0.25) is 19.0 Å². The molecule has 0 rings (SSSR count). The van der Waals surface area contributed by atoms with Gasteiger partial charge in [-0.1, -0.05) is 0 Å². The van der Waals surface area contributed by atoms with Crippen molar-refractivity contribution in [2.75, 3.05) is 14.1 Å². The average molecular weight is 155 g/mol. The molecule has 1 nitrogen and oxygen atoms in total. The van der Waals surface area contributed by atoms with E-state index < -0.39 is 6.55 Å². The molecule has 0 unspecified atom stereocenters. The van der Waals surface area contributed by atoms with Crippen LogP contribution in [0.25, 0.3) is 0 Å². The second-order valence-electron chi connectivity index (χ2n) is 1.24. The van der Waals surface area contributed by atoms with Crippen LogP contribution in [0.15, 0.2) is 0 Å². The Morgan fingerprint density at radius 3 is 1.11 bits per heavy atom. The molecule has 0 atom stereocenters. The van der Waals surface area contributed by atoms with Gasteiger partial charge in [0.25, 0.3) is 6.55 Å². The van der Waals surface area contributed by atoms with Gasteiger partial charge in [0.05, 0.1) is 0 Å². The quantitative estimate of drug-likeness (QED) is 0.406. The Balaban J connectivity index is -0.0000000417. The fourth-order valence-electron chi connectivity index (χ4n) is 0. The van der Waals surface area contributed by atoms with Gasteiger partial charge in [-0.25, -0.2) is 0 Å². The van der Waals surface area contributed by atoms with Crippen molar-refractivity contribution in [2.45, 2.75) is 6.55 Å². The monoisotopic (exact) mass is 155 g/mol. The van der Waals surface area contributed by atoms with Crippen LogP contribution in [0.3, 0.4) is 0 Å². The summed E-state index contributed by atoms with van der Waals surface area (Å²) >= 11 is 0. The molecule has 0 aliphatic heterocycles. The van der Waals surface area contributed by atoms with E-state index in [0.717, 1.165) is 4.90 Å². The van der Waals surface area contributed by atoms with E-state index in [1.54, 1.807) is 0 Å². The van der Waals surface area contributed by atoms with E-state index in [-0.39, 0.29) is 14.1 Å². The fourth-order valence-corrected chi connectivity index (χ4v) is 0. The van der Waals surface area contributed by atoms with Crippen LogP contribution in [0, 0.1) is 0 Å². The largest absolute Gasteiger partial charge is 0.294 e. The molecule has 0 saturated carbocycles. The van der Waals surface area contributed by atoms with Crippen LogP contribution in [-0.2, 0) is 0 Å². The molecule has 0 amide bonds. The van der Waals surface area contributed by atoms with E-state index in [1.165, 1.54) is 14.1 Å². The van der Waals surface area contributed by atoms with Crippen LogP contribution in [0.5, 0.6) is 0 Å². The second-order valence-corrected chi connectivity index (χ2v) is 1.24. The molecule has 0 aromatic rings. The first kappa shape index (κ1) is 23.5. The summed E-state index contributed by atoms with van der Waals surface area (Å²) in [5.74, 6) is 0. The van der Waals surface area contributed by atoms with Crippen molar-refractivity contribution in [1.29, 1.82) is 0 Å². The molecule has 0 aromatic carbocycles. The first-order chi connectivity index (χ1) is 2.64. The maximum absolute atomic E-state index is 11.1. The summed E-state index contributed by atoms with van der Waals surface area (Å²) in [6.07, 6.45) is 0. The summed E-state index contributed by atoms with van der Waals surface area (Å²) in [4.78, 5) is 0.833. The summed E-state index contributed by atoms with van der Waals surface area (Å²) in [6, 6.07) is 0. The van der Waals surface area contributed by atoms with E-state index in [1.807, 2.05) is 0 Å². The van der Waals surface area contributed by atoms with Gasteiger partial charge < -0.3 is 0 Å². The summed E-state index contributed by atoms with van der Waals surface area (Å²) in [5, 5.41) is 0. The molecule has 0 bridgehead atoms. The molecule has 0 aliphatic rings. The summed E-state index contributed by atoms with van der Waals surface area (Å²) in [7, 11) is 2.65. The lowest BCUT2D eigenvalue weighted by Gasteiger charge is -2.04. The lowest BCUT2D eigenvalue weighted by Crippen LogP contribution is -2.17. The van der Waals surface area contributed by atoms with Gasteiger partial charge in [0.1, 0.15) is 0 Å². The predicted molar refractivity (Wildman–Crippen MR) is 27.2 cm³/mol. The number of alkyl halides is 2. The van der Waals surface area contributed by atoms with Gasteiger partial charge in [0.15, 0.2) is 0 Å². The topological polar surface area (TPSA) is 3.24 Å². The third kappa shape index (κ3) is 18.4. The number of nitrogens with zero attached hydrogens (tertiary/aromatic N) is 1. The first-order valence-electron chi connectivity index (χ1n) is 1.59. The highest BCUT2D eigenvalue weighted by molar-refractivity contribution is 4.27. The molecule has 0 fully saturated rings. The zero-order valence-corrected chi connectivity index (χ0v) is 5.01. The third-order valence-electron chi connectivity index (χ3n) is 0.390. The Bertz CT molecular complexity index is 33.2. The molecule has 0 aromatic heterocycles. The van der Waals surface area contributed by atoms with Crippen molar-refractivity contribution in [3.8, 4) is 0 Å². The van der Waals surface area contributed by atoms with E-state index in [0.29, 0.717) is 0 Å². The molecule has 0 heterocycles. The molecule has 0 N–H and O–H groups in total. The van der Waals surface area contributed by atoms with Crippen molar-refractivity contribution in [3.05, 3.63) is 0 Å². The van der Waals surface area contributed by atoms with Crippen LogP contribution < -0.4 is 0 Å². The van der Waals surface area contributed by atoms with Gasteiger partial charge in [-0.15, -0.1) is 0 Å². The maximum Gasteiger partial charge on any atom is 0.294 e. The van der Waals surface area contributed by atoms with Gasteiger partial charge in [0.2, 0.25) is 0 Å². The Hall–Kier alpha value is -0.390. The van der Waals surface area contributed by atoms with Crippen molar-refractivity contribution in [1.82, 2.24) is 4.90 Å². The molecule has 0 aliphatic carbocycles. The average Bonchev–Trinajstić information content (AvgIpc) is 1.36. The summed E-state index contributed by atoms with van der Waals surface area (Å²) in [6.45, 7) is -2.31. The summed E-state index contributed by atoms with van der Waals surface area (Å²) in [5.41, 5.74) is 0. The third-order valence-corrected chi connectivity index (χ3v) is 0.390. The Morgan fingerprint density at radius 2 is 1.11 bits per heavy atom. The van der Waals surface area contributed by atoms with Crippen molar-refractivity contribution < 1.29 is 22.9 Å². The minimum Gasteiger partial charge on any atom is -0.269 e. The van der Waals surface area contributed by atoms with E-state index in [9.17, 15) is 8.78 Å². The van der Waals surface area contributed by atoms with Crippen LogP contribution >= 0.6 is 0 Å². The zero-order chi connectivity index (χ0) is 5.15. The minimum atomic E-state index is -2.31. The normalized spacial score (nSPS) is 7.33. The number of rotatable bonds is 1. The lowest BCUT2D eigenvalue weighted by molar-refractivity contribution is 0.00849. The summed E-state index contributed by atoms with van der Waals surface area (Å²) < 4.78 is 22.2. The first-order valence-corrected chi connectivity index (χ1v) is 1.59. The van der Waals surface area contributed by atoms with Crippen molar-refractivity contribution in [3.63, 3.8) is 0 Å². The molecule has 0 saturated heterocycles. The predicted octanol–water partition coefficient (Wildman–Crippen LogP) is 1.23. The molecule has 9 heavy (non-hydrogen) atoms. The Labute approximate surface area is 49.7 Å². The fraction of sp³-hybridized carbons (Fsp3) is 1.00. The minimum absolute atomic E-state index is 0. The van der Waals surface area contributed by atoms with Crippen LogP contribution in [0.1, 0.15) is 0 Å². The number of halogens is 5. The van der Waals surface area contributed by atoms with Crippen molar-refractivity contribution >= 4 is 0 Å². The Morgan fingerprint density at radius 1 is 1.00 bits per heavy atom. The Kier molecular flexibility index (Phi) is 27.5. The van der Waals surface area contributed by atoms with E-state index in [4.69, 9.17) is 0 Å². The van der Waals surface area contributed by atoms with Crippen molar-refractivity contribution in [2.24, 2.45) is 0 Å². The van der Waals surface area contributed by atoms with Gasteiger partial charge in [0, 0.05) is 0 Å². The number of hydrogen-bond acceptors (Lipinski definition) is 1. The molecular formula is C3H10F5N. The standard InChI is InChI=1S/C3H7F2N.3FH/c1-6(2)3(4)5;;;/h3H,1-2H3;3*1H. The molecular weight excluding hydrogens is 145 g/mol. The van der Waals surface area contributed by atoms with Gasteiger partial charge in [-0.2, -0.15) is 8.78 Å². The molecule has 0 radical (unpaired) electrons. The highest BCUT2D eigenvalue weighted by atomic mass is 19.3. The van der Waals surface area contributed by atoms with Crippen LogP contribution in [0.2, 0.25) is 0 Å².